The normalized spacial score (nSPS) is 14.5. The minimum Gasteiger partial charge on any atom is -0.481 e. The lowest BCUT2D eigenvalue weighted by atomic mass is 9.91. The molecule has 0 fully saturated rings. The van der Waals surface area contributed by atoms with Gasteiger partial charge in [0.05, 0.1) is 12.0 Å². The van der Waals surface area contributed by atoms with Gasteiger partial charge in [-0.1, -0.05) is 36.4 Å². The largest absolute Gasteiger partial charge is 0.481 e. The number of benzene rings is 2. The first-order valence-electron chi connectivity index (χ1n) is 5.42. The van der Waals surface area contributed by atoms with Crippen molar-refractivity contribution in [3.63, 3.8) is 0 Å². The van der Waals surface area contributed by atoms with Gasteiger partial charge in [0, 0.05) is 0 Å². The summed E-state index contributed by atoms with van der Waals surface area (Å²) in [6.45, 7) is 1.52. The van der Waals surface area contributed by atoms with E-state index in [1.54, 1.807) is 6.07 Å². The van der Waals surface area contributed by atoms with Crippen LogP contribution in [-0.2, 0) is 10.4 Å². The van der Waals surface area contributed by atoms with Gasteiger partial charge in [0.1, 0.15) is 0 Å². The van der Waals surface area contributed by atoms with Crippen LogP contribution in [0.5, 0.6) is 0 Å². The van der Waals surface area contributed by atoms with E-state index in [4.69, 9.17) is 5.11 Å². The third kappa shape index (κ3) is 2.45. The van der Waals surface area contributed by atoms with Crippen LogP contribution in [0.1, 0.15) is 18.9 Å². The molecule has 1 unspecified atom stereocenters. The predicted octanol–water partition coefficient (Wildman–Crippen LogP) is 2.52. The number of fused-ring (bicyclic) bond motifs is 1. The van der Waals surface area contributed by atoms with E-state index in [1.165, 1.54) is 6.92 Å². The summed E-state index contributed by atoms with van der Waals surface area (Å²) in [5.41, 5.74) is -0.714. The topological polar surface area (TPSA) is 57.5 Å². The first kappa shape index (κ1) is 11.6. The van der Waals surface area contributed by atoms with Crippen molar-refractivity contribution in [1.82, 2.24) is 0 Å². The van der Waals surface area contributed by atoms with E-state index in [2.05, 4.69) is 0 Å². The van der Waals surface area contributed by atoms with Gasteiger partial charge in [0.25, 0.3) is 0 Å². The summed E-state index contributed by atoms with van der Waals surface area (Å²) in [5, 5.41) is 21.0. The Morgan fingerprint density at radius 2 is 1.82 bits per heavy atom. The van der Waals surface area contributed by atoms with Crippen LogP contribution in [0.4, 0.5) is 0 Å². The van der Waals surface area contributed by atoms with Crippen LogP contribution in [0.15, 0.2) is 42.5 Å². The van der Waals surface area contributed by atoms with Crippen molar-refractivity contribution in [1.29, 1.82) is 0 Å². The smallest absolute Gasteiger partial charge is 0.306 e. The summed E-state index contributed by atoms with van der Waals surface area (Å²) < 4.78 is 0. The van der Waals surface area contributed by atoms with Gasteiger partial charge in [-0.2, -0.15) is 0 Å². The molecule has 0 saturated heterocycles. The molecule has 2 aromatic rings. The zero-order valence-electron chi connectivity index (χ0n) is 9.55. The molecule has 2 aromatic carbocycles. The Kier molecular flexibility index (Phi) is 2.86. The van der Waals surface area contributed by atoms with Crippen LogP contribution in [0.25, 0.3) is 10.8 Å². The number of carboxylic acids is 1. The van der Waals surface area contributed by atoms with Crippen LogP contribution in [0.2, 0.25) is 0 Å². The maximum Gasteiger partial charge on any atom is 0.306 e. The molecule has 0 aliphatic carbocycles. The van der Waals surface area contributed by atoms with Crippen LogP contribution in [0.3, 0.4) is 0 Å². The minimum atomic E-state index is -1.34. The van der Waals surface area contributed by atoms with Crippen molar-refractivity contribution in [2.75, 3.05) is 0 Å². The zero-order valence-corrected chi connectivity index (χ0v) is 9.55. The molecule has 3 nitrogen and oxygen atoms in total. The molecule has 0 aliphatic rings. The van der Waals surface area contributed by atoms with E-state index in [1.807, 2.05) is 36.4 Å². The Balaban J connectivity index is 2.45. The number of aliphatic carboxylic acids is 1. The number of hydrogen-bond donors (Lipinski definition) is 2. The summed E-state index contributed by atoms with van der Waals surface area (Å²) in [6, 6.07) is 13.3. The maximum absolute atomic E-state index is 10.7. The summed E-state index contributed by atoms with van der Waals surface area (Å²) in [7, 11) is 0. The Bertz CT molecular complexity index is 558. The first-order chi connectivity index (χ1) is 7.99. The Labute approximate surface area is 99.3 Å². The quantitative estimate of drug-likeness (QED) is 0.851. The van der Waals surface area contributed by atoms with Gasteiger partial charge >= 0.3 is 5.97 Å². The number of carbonyl (C=O) groups is 1. The third-order valence-corrected chi connectivity index (χ3v) is 2.87. The Hall–Kier alpha value is -1.87. The second-order valence-corrected chi connectivity index (χ2v) is 4.41. The number of carboxylic acid groups (broad SMARTS) is 1. The van der Waals surface area contributed by atoms with Gasteiger partial charge in [-0.05, 0) is 29.3 Å². The fraction of sp³-hybridized carbons (Fsp3) is 0.214. The minimum absolute atomic E-state index is 0.300. The standard InChI is InChI=1S/C14H14O3/c1-14(17,9-13(15)16)12-7-6-10-4-2-3-5-11(10)8-12/h2-8,17H,9H2,1H3,(H,15,16). The molecule has 0 saturated carbocycles. The number of aliphatic hydroxyl groups is 1. The van der Waals surface area contributed by atoms with Crippen molar-refractivity contribution in [2.24, 2.45) is 0 Å². The maximum atomic E-state index is 10.7. The fourth-order valence-corrected chi connectivity index (χ4v) is 1.92. The lowest BCUT2D eigenvalue weighted by Crippen LogP contribution is -2.24. The van der Waals surface area contributed by atoms with Gasteiger partial charge in [-0.3, -0.25) is 4.79 Å². The highest BCUT2D eigenvalue weighted by Gasteiger charge is 2.26. The number of rotatable bonds is 3. The van der Waals surface area contributed by atoms with Crippen LogP contribution in [0, 0.1) is 0 Å². The van der Waals surface area contributed by atoms with Gasteiger partial charge in [-0.25, -0.2) is 0 Å². The summed E-state index contributed by atoms with van der Waals surface area (Å²) in [4.78, 5) is 10.7. The average Bonchev–Trinajstić information content (AvgIpc) is 2.26. The molecule has 0 heterocycles. The fourth-order valence-electron chi connectivity index (χ4n) is 1.92. The lowest BCUT2D eigenvalue weighted by molar-refractivity contribution is -0.142. The van der Waals surface area contributed by atoms with Gasteiger partial charge in [0.2, 0.25) is 0 Å². The number of hydrogen-bond acceptors (Lipinski definition) is 2. The van der Waals surface area contributed by atoms with Gasteiger partial charge in [-0.15, -0.1) is 0 Å². The SMILES string of the molecule is CC(O)(CC(=O)O)c1ccc2ccccc2c1. The molecule has 2 rings (SSSR count). The lowest BCUT2D eigenvalue weighted by Gasteiger charge is -2.22. The first-order valence-corrected chi connectivity index (χ1v) is 5.42. The van der Waals surface area contributed by atoms with Crippen molar-refractivity contribution >= 4 is 16.7 Å². The molecule has 0 radical (unpaired) electrons. The second-order valence-electron chi connectivity index (χ2n) is 4.41. The summed E-state index contributed by atoms with van der Waals surface area (Å²) in [5.74, 6) is -1.01. The zero-order chi connectivity index (χ0) is 12.5. The van der Waals surface area contributed by atoms with Crippen LogP contribution in [-0.4, -0.2) is 16.2 Å². The second kappa shape index (κ2) is 4.18. The van der Waals surface area contributed by atoms with Crippen molar-refractivity contribution in [3.05, 3.63) is 48.0 Å². The van der Waals surface area contributed by atoms with Crippen molar-refractivity contribution < 1.29 is 15.0 Å². The summed E-state index contributed by atoms with van der Waals surface area (Å²) >= 11 is 0. The molecule has 0 aromatic heterocycles. The Morgan fingerprint density at radius 3 is 2.47 bits per heavy atom. The molecular formula is C14H14O3. The molecule has 2 N–H and O–H groups in total. The highest BCUT2D eigenvalue weighted by atomic mass is 16.4. The third-order valence-electron chi connectivity index (χ3n) is 2.87. The molecule has 0 bridgehead atoms. The predicted molar refractivity (Wildman–Crippen MR) is 65.8 cm³/mol. The molecular weight excluding hydrogens is 216 g/mol. The van der Waals surface area contributed by atoms with E-state index in [0.717, 1.165) is 10.8 Å². The monoisotopic (exact) mass is 230 g/mol. The van der Waals surface area contributed by atoms with Crippen molar-refractivity contribution in [3.8, 4) is 0 Å². The molecule has 0 aliphatic heterocycles. The molecule has 88 valence electrons. The molecule has 1 atom stereocenters. The van der Waals surface area contributed by atoms with Crippen molar-refractivity contribution in [2.45, 2.75) is 18.9 Å². The van der Waals surface area contributed by atoms with E-state index in [0.29, 0.717) is 5.56 Å². The van der Waals surface area contributed by atoms with Gasteiger partial charge < -0.3 is 10.2 Å². The van der Waals surface area contributed by atoms with E-state index in [-0.39, 0.29) is 6.42 Å². The highest BCUT2D eigenvalue weighted by molar-refractivity contribution is 5.83. The van der Waals surface area contributed by atoms with E-state index < -0.39 is 11.6 Å². The summed E-state index contributed by atoms with van der Waals surface area (Å²) in [6.07, 6.45) is -0.300. The molecule has 0 spiro atoms. The average molecular weight is 230 g/mol. The van der Waals surface area contributed by atoms with E-state index in [9.17, 15) is 9.90 Å². The van der Waals surface area contributed by atoms with Gasteiger partial charge in [0.15, 0.2) is 0 Å². The molecule has 3 heteroatoms. The van der Waals surface area contributed by atoms with Crippen LogP contribution < -0.4 is 0 Å². The Morgan fingerprint density at radius 1 is 1.18 bits per heavy atom. The van der Waals surface area contributed by atoms with E-state index >= 15 is 0 Å². The molecule has 17 heavy (non-hydrogen) atoms. The van der Waals surface area contributed by atoms with Crippen LogP contribution >= 0.6 is 0 Å². The highest BCUT2D eigenvalue weighted by Crippen LogP contribution is 2.27. The molecule has 0 amide bonds.